The number of halogens is 4. The van der Waals surface area contributed by atoms with E-state index in [-0.39, 0.29) is 18.3 Å². The van der Waals surface area contributed by atoms with Crippen molar-refractivity contribution < 1.29 is 13.5 Å². The van der Waals surface area contributed by atoms with Gasteiger partial charge in [0.15, 0.2) is 0 Å². The monoisotopic (exact) mass is 302 g/mol. The lowest BCUT2D eigenvalue weighted by atomic mass is 10.2. The molecule has 0 unspecified atom stereocenters. The third kappa shape index (κ3) is 3.58. The number of benzene rings is 2. The van der Waals surface area contributed by atoms with Crippen LogP contribution in [0, 0.1) is 11.6 Å². The van der Waals surface area contributed by atoms with E-state index in [0.717, 1.165) is 0 Å². The Morgan fingerprint density at radius 2 is 1.79 bits per heavy atom. The molecule has 0 bridgehead atoms. The number of ether oxygens (including phenoxy) is 1. The van der Waals surface area contributed by atoms with E-state index in [2.05, 4.69) is 0 Å². The maximum Gasteiger partial charge on any atom is 0.131 e. The van der Waals surface area contributed by atoms with E-state index in [9.17, 15) is 8.78 Å². The number of rotatable bonds is 4. The van der Waals surface area contributed by atoms with E-state index in [0.29, 0.717) is 21.9 Å². The van der Waals surface area contributed by atoms with Gasteiger partial charge in [0.1, 0.15) is 24.0 Å². The molecule has 0 aliphatic rings. The predicted molar refractivity (Wildman–Crippen MR) is 71.7 cm³/mol. The highest BCUT2D eigenvalue weighted by molar-refractivity contribution is 6.30. The highest BCUT2D eigenvalue weighted by Crippen LogP contribution is 2.23. The zero-order valence-corrected chi connectivity index (χ0v) is 11.3. The highest BCUT2D eigenvalue weighted by atomic mass is 35.5. The van der Waals surface area contributed by atoms with E-state index in [1.807, 2.05) is 0 Å². The summed E-state index contributed by atoms with van der Waals surface area (Å²) in [5, 5.41) is 0.324. The fourth-order valence-electron chi connectivity index (χ4n) is 1.59. The van der Waals surface area contributed by atoms with E-state index in [1.54, 1.807) is 12.1 Å². The highest BCUT2D eigenvalue weighted by Gasteiger charge is 2.07. The molecule has 0 aliphatic heterocycles. The minimum Gasteiger partial charge on any atom is -0.488 e. The van der Waals surface area contributed by atoms with Crippen molar-refractivity contribution in [2.24, 2.45) is 0 Å². The second kappa shape index (κ2) is 6.22. The summed E-state index contributed by atoms with van der Waals surface area (Å²) in [5.41, 5.74) is 0.894. The lowest BCUT2D eigenvalue weighted by Gasteiger charge is -2.10. The SMILES string of the molecule is Fc1ccc(OCc2ccc(Cl)cc2F)c(CCl)c1. The minimum absolute atomic E-state index is 0.0263. The summed E-state index contributed by atoms with van der Waals surface area (Å²) in [6.07, 6.45) is 0. The molecule has 0 atom stereocenters. The summed E-state index contributed by atoms with van der Waals surface area (Å²) in [7, 11) is 0. The summed E-state index contributed by atoms with van der Waals surface area (Å²) in [6, 6.07) is 8.37. The van der Waals surface area contributed by atoms with Gasteiger partial charge < -0.3 is 4.74 Å². The topological polar surface area (TPSA) is 9.23 Å². The molecule has 2 aromatic carbocycles. The van der Waals surface area contributed by atoms with Crippen molar-refractivity contribution in [3.05, 3.63) is 64.2 Å². The van der Waals surface area contributed by atoms with Gasteiger partial charge in [-0.15, -0.1) is 11.6 Å². The van der Waals surface area contributed by atoms with Crippen LogP contribution in [-0.4, -0.2) is 0 Å². The zero-order chi connectivity index (χ0) is 13.8. The van der Waals surface area contributed by atoms with Crippen molar-refractivity contribution in [2.75, 3.05) is 0 Å². The molecule has 0 N–H and O–H groups in total. The Morgan fingerprint density at radius 3 is 2.47 bits per heavy atom. The minimum atomic E-state index is -0.443. The normalized spacial score (nSPS) is 10.5. The van der Waals surface area contributed by atoms with Gasteiger partial charge in [0.2, 0.25) is 0 Å². The molecule has 0 radical (unpaired) electrons. The molecule has 19 heavy (non-hydrogen) atoms. The fourth-order valence-corrected chi connectivity index (χ4v) is 1.96. The molecule has 0 heterocycles. The lowest BCUT2D eigenvalue weighted by molar-refractivity contribution is 0.297. The van der Waals surface area contributed by atoms with E-state index in [1.165, 1.54) is 24.3 Å². The molecule has 0 spiro atoms. The zero-order valence-electron chi connectivity index (χ0n) is 9.80. The smallest absolute Gasteiger partial charge is 0.131 e. The molecule has 0 amide bonds. The average molecular weight is 303 g/mol. The Balaban J connectivity index is 2.14. The standard InChI is InChI=1S/C14H10Cl2F2O/c15-7-10-5-12(17)3-4-14(10)19-8-9-1-2-11(16)6-13(9)18/h1-6H,7-8H2. The first kappa shape index (κ1) is 14.1. The van der Waals surface area contributed by atoms with Gasteiger partial charge >= 0.3 is 0 Å². The summed E-state index contributed by atoms with van der Waals surface area (Å²) in [5.74, 6) is -0.274. The lowest BCUT2D eigenvalue weighted by Crippen LogP contribution is -2.00. The molecule has 0 fully saturated rings. The van der Waals surface area contributed by atoms with Gasteiger partial charge in [-0.2, -0.15) is 0 Å². The Labute approximate surface area is 119 Å². The third-order valence-corrected chi connectivity index (χ3v) is 3.09. The maximum absolute atomic E-state index is 13.5. The van der Waals surface area contributed by atoms with Crippen molar-refractivity contribution >= 4 is 23.2 Å². The van der Waals surface area contributed by atoms with Gasteiger partial charge in [-0.25, -0.2) is 8.78 Å². The molecule has 2 aromatic rings. The Hall–Kier alpha value is -1.32. The van der Waals surface area contributed by atoms with E-state index < -0.39 is 5.82 Å². The van der Waals surface area contributed by atoms with Gasteiger partial charge in [-0.05, 0) is 30.3 Å². The van der Waals surface area contributed by atoms with Crippen LogP contribution >= 0.6 is 23.2 Å². The quantitative estimate of drug-likeness (QED) is 0.727. The molecule has 2 rings (SSSR count). The van der Waals surface area contributed by atoms with Crippen LogP contribution in [0.3, 0.4) is 0 Å². The first-order valence-electron chi connectivity index (χ1n) is 5.51. The van der Waals surface area contributed by atoms with Gasteiger partial charge in [0.25, 0.3) is 0 Å². The van der Waals surface area contributed by atoms with Crippen LogP contribution in [0.1, 0.15) is 11.1 Å². The van der Waals surface area contributed by atoms with Gasteiger partial charge in [0, 0.05) is 16.1 Å². The van der Waals surface area contributed by atoms with Crippen molar-refractivity contribution in [1.82, 2.24) is 0 Å². The van der Waals surface area contributed by atoms with Crippen LogP contribution in [0.4, 0.5) is 8.78 Å². The first-order chi connectivity index (χ1) is 9.10. The summed E-state index contributed by atoms with van der Waals surface area (Å²) in [4.78, 5) is 0. The third-order valence-electron chi connectivity index (χ3n) is 2.56. The van der Waals surface area contributed by atoms with Crippen LogP contribution in [0.15, 0.2) is 36.4 Å². The Kier molecular flexibility index (Phi) is 4.61. The van der Waals surface area contributed by atoms with Crippen molar-refractivity contribution in [2.45, 2.75) is 12.5 Å². The van der Waals surface area contributed by atoms with Gasteiger partial charge in [0.05, 0.1) is 5.88 Å². The molecule has 5 heteroatoms. The molecular weight excluding hydrogens is 293 g/mol. The van der Waals surface area contributed by atoms with Crippen molar-refractivity contribution in [3.8, 4) is 5.75 Å². The summed E-state index contributed by atoms with van der Waals surface area (Å²) in [6.45, 7) is 0.0263. The van der Waals surface area contributed by atoms with Gasteiger partial charge in [-0.1, -0.05) is 17.7 Å². The van der Waals surface area contributed by atoms with Crippen LogP contribution in [-0.2, 0) is 12.5 Å². The summed E-state index contributed by atoms with van der Waals surface area (Å²) < 4.78 is 32.0. The number of hydrogen-bond acceptors (Lipinski definition) is 1. The number of alkyl halides is 1. The Bertz CT molecular complexity index is 588. The molecule has 1 nitrogen and oxygen atoms in total. The average Bonchev–Trinajstić information content (AvgIpc) is 2.39. The van der Waals surface area contributed by atoms with Crippen LogP contribution in [0.5, 0.6) is 5.75 Å². The second-order valence-electron chi connectivity index (χ2n) is 3.91. The molecule has 0 saturated carbocycles. The molecule has 100 valence electrons. The molecule has 0 saturated heterocycles. The first-order valence-corrected chi connectivity index (χ1v) is 6.42. The van der Waals surface area contributed by atoms with E-state index in [4.69, 9.17) is 27.9 Å². The van der Waals surface area contributed by atoms with Crippen LogP contribution < -0.4 is 4.74 Å². The second-order valence-corrected chi connectivity index (χ2v) is 4.61. The van der Waals surface area contributed by atoms with Crippen LogP contribution in [0.25, 0.3) is 0 Å². The molecule has 0 aromatic heterocycles. The predicted octanol–water partition coefficient (Wildman–Crippen LogP) is 4.94. The number of hydrogen-bond donors (Lipinski definition) is 0. The molecular formula is C14H10Cl2F2O. The Morgan fingerprint density at radius 1 is 1.00 bits per heavy atom. The largest absolute Gasteiger partial charge is 0.488 e. The summed E-state index contributed by atoms with van der Waals surface area (Å²) >= 11 is 11.4. The fraction of sp³-hybridized carbons (Fsp3) is 0.143. The van der Waals surface area contributed by atoms with Crippen molar-refractivity contribution in [1.29, 1.82) is 0 Å². The van der Waals surface area contributed by atoms with Crippen molar-refractivity contribution in [3.63, 3.8) is 0 Å². The van der Waals surface area contributed by atoms with Crippen LogP contribution in [0.2, 0.25) is 5.02 Å². The molecule has 0 aliphatic carbocycles. The van der Waals surface area contributed by atoms with Gasteiger partial charge in [-0.3, -0.25) is 0 Å². The maximum atomic E-state index is 13.5. The van der Waals surface area contributed by atoms with E-state index >= 15 is 0 Å².